The Morgan fingerprint density at radius 2 is 1.70 bits per heavy atom. The van der Waals surface area contributed by atoms with Crippen molar-refractivity contribution >= 4 is 22.6 Å². The van der Waals surface area contributed by atoms with Crippen molar-refractivity contribution in [2.75, 3.05) is 0 Å². The van der Waals surface area contributed by atoms with Crippen molar-refractivity contribution in [2.45, 2.75) is 26.2 Å². The Labute approximate surface area is 123 Å². The Balaban J connectivity index is 2.14. The van der Waals surface area contributed by atoms with Gasteiger partial charge in [-0.2, -0.15) is 4.98 Å². The van der Waals surface area contributed by atoms with Crippen LogP contribution in [-0.2, 0) is 5.41 Å². The van der Waals surface area contributed by atoms with Gasteiger partial charge in [0.2, 0.25) is 5.28 Å². The third-order valence-corrected chi connectivity index (χ3v) is 3.58. The molecule has 0 spiro atoms. The fourth-order valence-corrected chi connectivity index (χ4v) is 2.43. The van der Waals surface area contributed by atoms with Gasteiger partial charge in [0.25, 0.3) is 0 Å². The third kappa shape index (κ3) is 2.29. The molecule has 0 unspecified atom stereocenters. The summed E-state index contributed by atoms with van der Waals surface area (Å²) in [5, 5.41) is 1.24. The highest BCUT2D eigenvalue weighted by atomic mass is 35.5. The molecule has 0 saturated heterocycles. The Bertz CT molecular complexity index is 751. The highest BCUT2D eigenvalue weighted by Crippen LogP contribution is 2.29. The maximum Gasteiger partial charge on any atom is 0.224 e. The van der Waals surface area contributed by atoms with Crippen molar-refractivity contribution in [3.8, 4) is 11.3 Å². The molecule has 3 nitrogen and oxygen atoms in total. The zero-order chi connectivity index (χ0) is 14.3. The number of H-pyrrole nitrogens is 1. The van der Waals surface area contributed by atoms with Crippen LogP contribution >= 0.6 is 11.6 Å². The summed E-state index contributed by atoms with van der Waals surface area (Å²) < 4.78 is 0. The molecule has 1 N–H and O–H groups in total. The molecule has 0 aliphatic rings. The second kappa shape index (κ2) is 4.60. The number of hydrogen-bond acceptors (Lipinski definition) is 2. The van der Waals surface area contributed by atoms with Gasteiger partial charge in [-0.3, -0.25) is 0 Å². The van der Waals surface area contributed by atoms with Crippen LogP contribution < -0.4 is 0 Å². The van der Waals surface area contributed by atoms with Crippen molar-refractivity contribution in [3.05, 3.63) is 47.4 Å². The molecular formula is C16H16ClN3. The second-order valence-corrected chi connectivity index (χ2v) is 6.25. The fraction of sp³-hybridized carbons (Fsp3) is 0.250. The Morgan fingerprint density at radius 1 is 1.00 bits per heavy atom. The van der Waals surface area contributed by atoms with Gasteiger partial charge in [0.15, 0.2) is 0 Å². The van der Waals surface area contributed by atoms with Crippen molar-refractivity contribution in [1.82, 2.24) is 15.0 Å². The van der Waals surface area contributed by atoms with Gasteiger partial charge < -0.3 is 4.98 Å². The summed E-state index contributed by atoms with van der Waals surface area (Å²) in [5.41, 5.74) is 4.12. The molecule has 0 aliphatic heterocycles. The molecule has 0 bridgehead atoms. The third-order valence-electron chi connectivity index (χ3n) is 3.41. The van der Waals surface area contributed by atoms with Crippen LogP contribution in [0, 0.1) is 0 Å². The monoisotopic (exact) mass is 285 g/mol. The van der Waals surface area contributed by atoms with Crippen molar-refractivity contribution in [3.63, 3.8) is 0 Å². The minimum Gasteiger partial charge on any atom is -0.346 e. The van der Waals surface area contributed by atoms with E-state index in [1.54, 1.807) is 0 Å². The summed E-state index contributed by atoms with van der Waals surface area (Å²) in [4.78, 5) is 11.6. The van der Waals surface area contributed by atoms with Gasteiger partial charge >= 0.3 is 0 Å². The van der Waals surface area contributed by atoms with Gasteiger partial charge in [0.05, 0.1) is 5.69 Å². The summed E-state index contributed by atoms with van der Waals surface area (Å²) in [6.45, 7) is 6.61. The molecular weight excluding hydrogens is 270 g/mol. The Hall–Kier alpha value is -1.87. The predicted molar refractivity (Wildman–Crippen MR) is 83.0 cm³/mol. The van der Waals surface area contributed by atoms with E-state index in [4.69, 9.17) is 11.6 Å². The van der Waals surface area contributed by atoms with E-state index in [1.807, 2.05) is 12.3 Å². The van der Waals surface area contributed by atoms with Gasteiger partial charge in [-0.1, -0.05) is 45.0 Å². The van der Waals surface area contributed by atoms with Crippen molar-refractivity contribution in [1.29, 1.82) is 0 Å². The molecule has 20 heavy (non-hydrogen) atoms. The van der Waals surface area contributed by atoms with Crippen LogP contribution in [0.25, 0.3) is 22.3 Å². The summed E-state index contributed by atoms with van der Waals surface area (Å²) >= 11 is 5.99. The maximum absolute atomic E-state index is 5.99. The number of nitrogens with one attached hydrogen (secondary N) is 1. The second-order valence-electron chi connectivity index (χ2n) is 5.91. The minimum absolute atomic E-state index is 0.144. The lowest BCUT2D eigenvalue weighted by Gasteiger charge is -2.19. The lowest BCUT2D eigenvalue weighted by molar-refractivity contribution is 0.590. The van der Waals surface area contributed by atoms with E-state index in [-0.39, 0.29) is 10.7 Å². The lowest BCUT2D eigenvalue weighted by atomic mass is 9.86. The van der Waals surface area contributed by atoms with E-state index in [0.717, 1.165) is 22.3 Å². The average molecular weight is 286 g/mol. The molecule has 4 heteroatoms. The molecule has 0 fully saturated rings. The lowest BCUT2D eigenvalue weighted by Crippen LogP contribution is -2.10. The Kier molecular flexibility index (Phi) is 3.02. The van der Waals surface area contributed by atoms with Crippen molar-refractivity contribution < 1.29 is 0 Å². The highest BCUT2D eigenvalue weighted by Gasteiger charge is 2.14. The SMILES string of the molecule is CC(C)(C)c1ccc(-c2nc(Cl)nc3[nH]ccc23)cc1. The molecule has 3 rings (SSSR count). The highest BCUT2D eigenvalue weighted by molar-refractivity contribution is 6.28. The van der Waals surface area contributed by atoms with E-state index in [0.29, 0.717) is 0 Å². The summed E-state index contributed by atoms with van der Waals surface area (Å²) in [5.74, 6) is 0. The first-order valence-corrected chi connectivity index (χ1v) is 6.94. The van der Waals surface area contributed by atoms with Crippen LogP contribution in [0.3, 0.4) is 0 Å². The van der Waals surface area contributed by atoms with Gasteiger partial charge in [0.1, 0.15) is 5.65 Å². The zero-order valence-corrected chi connectivity index (χ0v) is 12.5. The first-order valence-electron chi connectivity index (χ1n) is 6.57. The number of fused-ring (bicyclic) bond motifs is 1. The summed E-state index contributed by atoms with van der Waals surface area (Å²) in [6, 6.07) is 10.4. The molecule has 102 valence electrons. The molecule has 3 aromatic rings. The topological polar surface area (TPSA) is 41.6 Å². The van der Waals surface area contributed by atoms with E-state index in [2.05, 4.69) is 60.0 Å². The van der Waals surface area contributed by atoms with Gasteiger partial charge in [0, 0.05) is 17.1 Å². The van der Waals surface area contributed by atoms with E-state index in [1.165, 1.54) is 5.56 Å². The number of benzene rings is 1. The van der Waals surface area contributed by atoms with Crippen LogP contribution in [0.5, 0.6) is 0 Å². The van der Waals surface area contributed by atoms with Crippen LogP contribution in [0.1, 0.15) is 26.3 Å². The number of halogens is 1. The molecule has 0 amide bonds. The molecule has 2 aromatic heterocycles. The maximum atomic E-state index is 5.99. The van der Waals surface area contributed by atoms with Crippen LogP contribution in [0.15, 0.2) is 36.5 Å². The average Bonchev–Trinajstić information content (AvgIpc) is 2.85. The number of nitrogens with zero attached hydrogens (tertiary/aromatic N) is 2. The number of rotatable bonds is 1. The molecule has 0 aliphatic carbocycles. The number of hydrogen-bond donors (Lipinski definition) is 1. The first kappa shape index (κ1) is 13.1. The predicted octanol–water partition coefficient (Wildman–Crippen LogP) is 4.58. The minimum atomic E-state index is 0.144. The van der Waals surface area contributed by atoms with Gasteiger partial charge in [-0.25, -0.2) is 4.98 Å². The Morgan fingerprint density at radius 3 is 2.35 bits per heavy atom. The molecule has 0 atom stereocenters. The fourth-order valence-electron chi connectivity index (χ4n) is 2.26. The number of aromatic nitrogens is 3. The van der Waals surface area contributed by atoms with Crippen LogP contribution in [0.2, 0.25) is 5.28 Å². The smallest absolute Gasteiger partial charge is 0.224 e. The standard InChI is InChI=1S/C16H16ClN3/c1-16(2,3)11-6-4-10(5-7-11)13-12-8-9-18-14(12)20-15(17)19-13/h4-9H,1-3H3,(H,18,19,20). The normalized spacial score (nSPS) is 12.0. The van der Waals surface area contributed by atoms with E-state index in [9.17, 15) is 0 Å². The molecule has 1 aromatic carbocycles. The van der Waals surface area contributed by atoms with Gasteiger partial charge in [-0.15, -0.1) is 0 Å². The molecule has 0 saturated carbocycles. The quantitative estimate of drug-likeness (QED) is 0.665. The summed E-state index contributed by atoms with van der Waals surface area (Å²) in [7, 11) is 0. The van der Waals surface area contributed by atoms with E-state index >= 15 is 0 Å². The van der Waals surface area contributed by atoms with Crippen LogP contribution in [-0.4, -0.2) is 15.0 Å². The molecule has 0 radical (unpaired) electrons. The zero-order valence-electron chi connectivity index (χ0n) is 11.7. The van der Waals surface area contributed by atoms with E-state index < -0.39 is 0 Å². The first-order chi connectivity index (χ1) is 9.45. The van der Waals surface area contributed by atoms with Crippen LogP contribution in [0.4, 0.5) is 0 Å². The summed E-state index contributed by atoms with van der Waals surface area (Å²) in [6.07, 6.45) is 1.85. The van der Waals surface area contributed by atoms with Crippen molar-refractivity contribution in [2.24, 2.45) is 0 Å². The molecule has 2 heterocycles. The number of aromatic amines is 1. The largest absolute Gasteiger partial charge is 0.346 e. The van der Waals surface area contributed by atoms with Gasteiger partial charge in [-0.05, 0) is 28.6 Å².